The number of nitrogens with zero attached hydrogens (tertiary/aromatic N) is 2. The van der Waals surface area contributed by atoms with Crippen molar-refractivity contribution in [3.63, 3.8) is 0 Å². The standard InChI is InChI=1S/C24H22ClN3O2/c1-17-4-2-3-5-20(17)15-27-12-10-19-11-13-28(24(30)23(19)27)16-22(29)26-14-18-6-8-21(25)9-7-18/h2-13H,14-16H2,1H3,(H,26,29). The molecular formula is C24H22ClN3O2. The minimum Gasteiger partial charge on any atom is -0.350 e. The molecule has 6 heteroatoms. The molecule has 30 heavy (non-hydrogen) atoms. The number of aryl methyl sites for hydroxylation is 1. The highest BCUT2D eigenvalue weighted by Gasteiger charge is 2.11. The Morgan fingerprint density at radius 1 is 0.967 bits per heavy atom. The first-order valence-electron chi connectivity index (χ1n) is 9.75. The molecule has 0 radical (unpaired) electrons. The van der Waals surface area contributed by atoms with Gasteiger partial charge in [-0.25, -0.2) is 0 Å². The summed E-state index contributed by atoms with van der Waals surface area (Å²) in [6.07, 6.45) is 3.59. The van der Waals surface area contributed by atoms with Crippen molar-refractivity contribution in [3.05, 3.63) is 105 Å². The molecule has 0 aliphatic rings. The van der Waals surface area contributed by atoms with Gasteiger partial charge in [-0.1, -0.05) is 48.0 Å². The predicted molar refractivity (Wildman–Crippen MR) is 120 cm³/mol. The molecule has 0 bridgehead atoms. The van der Waals surface area contributed by atoms with Crippen LogP contribution >= 0.6 is 11.6 Å². The summed E-state index contributed by atoms with van der Waals surface area (Å²) in [5.41, 5.74) is 3.71. The third-order valence-corrected chi connectivity index (χ3v) is 5.46. The fourth-order valence-corrected chi connectivity index (χ4v) is 3.61. The fraction of sp³-hybridized carbons (Fsp3) is 0.167. The van der Waals surface area contributed by atoms with Crippen molar-refractivity contribution in [1.82, 2.24) is 14.5 Å². The third kappa shape index (κ3) is 4.31. The van der Waals surface area contributed by atoms with Gasteiger partial charge in [-0.2, -0.15) is 0 Å². The Kier molecular flexibility index (Phi) is 5.72. The zero-order valence-electron chi connectivity index (χ0n) is 16.6. The van der Waals surface area contributed by atoms with Gasteiger partial charge in [-0.15, -0.1) is 0 Å². The van der Waals surface area contributed by atoms with Crippen LogP contribution in [0.25, 0.3) is 10.9 Å². The van der Waals surface area contributed by atoms with Gasteiger partial charge in [0, 0.05) is 35.9 Å². The van der Waals surface area contributed by atoms with Crippen molar-refractivity contribution in [3.8, 4) is 0 Å². The number of aromatic nitrogens is 2. The Balaban J connectivity index is 1.52. The number of nitrogens with one attached hydrogen (secondary N) is 1. The van der Waals surface area contributed by atoms with Gasteiger partial charge in [0.25, 0.3) is 5.56 Å². The lowest BCUT2D eigenvalue weighted by Gasteiger charge is -2.11. The molecule has 0 aliphatic heterocycles. The summed E-state index contributed by atoms with van der Waals surface area (Å²) in [4.78, 5) is 25.5. The van der Waals surface area contributed by atoms with Crippen molar-refractivity contribution in [2.45, 2.75) is 26.6 Å². The van der Waals surface area contributed by atoms with Crippen LogP contribution in [-0.2, 0) is 24.4 Å². The normalized spacial score (nSPS) is 11.0. The van der Waals surface area contributed by atoms with Gasteiger partial charge in [0.05, 0.1) is 0 Å². The minimum absolute atomic E-state index is 0.0299. The Morgan fingerprint density at radius 3 is 2.40 bits per heavy atom. The zero-order valence-corrected chi connectivity index (χ0v) is 17.4. The highest BCUT2D eigenvalue weighted by molar-refractivity contribution is 6.30. The van der Waals surface area contributed by atoms with Gasteiger partial charge in [0.15, 0.2) is 0 Å². The van der Waals surface area contributed by atoms with Crippen molar-refractivity contribution in [2.75, 3.05) is 0 Å². The molecule has 0 saturated heterocycles. The van der Waals surface area contributed by atoms with E-state index in [0.717, 1.165) is 16.5 Å². The van der Waals surface area contributed by atoms with Crippen LogP contribution in [0.1, 0.15) is 16.7 Å². The molecule has 1 N–H and O–H groups in total. The quantitative estimate of drug-likeness (QED) is 0.511. The molecule has 2 aromatic heterocycles. The maximum Gasteiger partial charge on any atom is 0.275 e. The topological polar surface area (TPSA) is 56.0 Å². The van der Waals surface area contributed by atoms with Crippen LogP contribution in [0, 0.1) is 6.92 Å². The summed E-state index contributed by atoms with van der Waals surface area (Å²) < 4.78 is 3.40. The van der Waals surface area contributed by atoms with Gasteiger partial charge >= 0.3 is 0 Å². The zero-order chi connectivity index (χ0) is 21.1. The molecule has 2 aromatic carbocycles. The molecule has 0 saturated carbocycles. The second-order valence-electron chi connectivity index (χ2n) is 7.33. The minimum atomic E-state index is -0.219. The summed E-state index contributed by atoms with van der Waals surface area (Å²) in [5.74, 6) is -0.219. The number of carbonyl (C=O) groups excluding carboxylic acids is 1. The second kappa shape index (κ2) is 8.59. The van der Waals surface area contributed by atoms with E-state index in [2.05, 4.69) is 24.4 Å². The SMILES string of the molecule is Cc1ccccc1Cn1ccc2ccn(CC(=O)NCc3ccc(Cl)cc3)c(=O)c21. The Labute approximate surface area is 179 Å². The number of rotatable bonds is 6. The lowest BCUT2D eigenvalue weighted by Crippen LogP contribution is -2.32. The van der Waals surface area contributed by atoms with Crippen LogP contribution in [0.3, 0.4) is 0 Å². The molecule has 5 nitrogen and oxygen atoms in total. The number of carbonyl (C=O) groups is 1. The molecule has 0 unspecified atom stereocenters. The van der Waals surface area contributed by atoms with Crippen LogP contribution in [0.2, 0.25) is 5.02 Å². The van der Waals surface area contributed by atoms with Crippen molar-refractivity contribution >= 4 is 28.4 Å². The molecule has 0 aliphatic carbocycles. The Hall–Kier alpha value is -3.31. The van der Waals surface area contributed by atoms with E-state index in [1.54, 1.807) is 18.3 Å². The number of hydrogen-bond acceptors (Lipinski definition) is 2. The summed E-state index contributed by atoms with van der Waals surface area (Å²) >= 11 is 5.88. The number of halogens is 1. The number of benzene rings is 2. The maximum absolute atomic E-state index is 13.1. The molecule has 152 valence electrons. The molecule has 0 spiro atoms. The third-order valence-electron chi connectivity index (χ3n) is 5.21. The molecule has 0 atom stereocenters. The average Bonchev–Trinajstić information content (AvgIpc) is 3.15. The monoisotopic (exact) mass is 419 g/mol. The smallest absolute Gasteiger partial charge is 0.275 e. The largest absolute Gasteiger partial charge is 0.350 e. The first kappa shape index (κ1) is 20.0. The van der Waals surface area contributed by atoms with E-state index in [1.165, 1.54) is 10.1 Å². The van der Waals surface area contributed by atoms with E-state index in [1.807, 2.05) is 47.2 Å². The van der Waals surface area contributed by atoms with E-state index in [9.17, 15) is 9.59 Å². The molecule has 4 aromatic rings. The maximum atomic E-state index is 13.1. The van der Waals surface area contributed by atoms with Gasteiger partial charge in [0.1, 0.15) is 12.1 Å². The Morgan fingerprint density at radius 2 is 1.67 bits per heavy atom. The second-order valence-corrected chi connectivity index (χ2v) is 7.76. The summed E-state index contributed by atoms with van der Waals surface area (Å²) in [6, 6.07) is 19.2. The lowest BCUT2D eigenvalue weighted by molar-refractivity contribution is -0.121. The highest BCUT2D eigenvalue weighted by Crippen LogP contribution is 2.16. The van der Waals surface area contributed by atoms with E-state index in [4.69, 9.17) is 11.6 Å². The van der Waals surface area contributed by atoms with Crippen LogP contribution in [0.15, 0.2) is 77.9 Å². The van der Waals surface area contributed by atoms with E-state index >= 15 is 0 Å². The number of fused-ring (bicyclic) bond motifs is 1. The van der Waals surface area contributed by atoms with E-state index in [0.29, 0.717) is 23.6 Å². The van der Waals surface area contributed by atoms with Crippen LogP contribution < -0.4 is 10.9 Å². The summed E-state index contributed by atoms with van der Waals surface area (Å²) in [5, 5.41) is 4.37. The van der Waals surface area contributed by atoms with Crippen LogP contribution in [-0.4, -0.2) is 15.0 Å². The van der Waals surface area contributed by atoms with Gasteiger partial charge < -0.3 is 14.5 Å². The first-order chi connectivity index (χ1) is 14.5. The average molecular weight is 420 g/mol. The van der Waals surface area contributed by atoms with Crippen molar-refractivity contribution in [1.29, 1.82) is 0 Å². The van der Waals surface area contributed by atoms with Crippen LogP contribution in [0.4, 0.5) is 0 Å². The number of pyridine rings is 1. The first-order valence-corrected chi connectivity index (χ1v) is 10.1. The molecular weight excluding hydrogens is 398 g/mol. The predicted octanol–water partition coefficient (Wildman–Crippen LogP) is 4.13. The number of amides is 1. The van der Waals surface area contributed by atoms with Crippen molar-refractivity contribution in [2.24, 2.45) is 0 Å². The van der Waals surface area contributed by atoms with Gasteiger partial charge in [0.2, 0.25) is 5.91 Å². The molecule has 4 rings (SSSR count). The van der Waals surface area contributed by atoms with Crippen molar-refractivity contribution < 1.29 is 4.79 Å². The van der Waals surface area contributed by atoms with Crippen LogP contribution in [0.5, 0.6) is 0 Å². The summed E-state index contributed by atoms with van der Waals surface area (Å²) in [6.45, 7) is 3.02. The lowest BCUT2D eigenvalue weighted by atomic mass is 10.1. The van der Waals surface area contributed by atoms with Gasteiger partial charge in [-0.3, -0.25) is 9.59 Å². The van der Waals surface area contributed by atoms with E-state index < -0.39 is 0 Å². The molecule has 2 heterocycles. The van der Waals surface area contributed by atoms with E-state index in [-0.39, 0.29) is 18.0 Å². The highest BCUT2D eigenvalue weighted by atomic mass is 35.5. The van der Waals surface area contributed by atoms with Gasteiger partial charge in [-0.05, 0) is 47.9 Å². The Bertz CT molecular complexity index is 1260. The fourth-order valence-electron chi connectivity index (χ4n) is 3.49. The molecule has 1 amide bonds. The molecule has 0 fully saturated rings. The number of hydrogen-bond donors (Lipinski definition) is 1. The summed E-state index contributed by atoms with van der Waals surface area (Å²) in [7, 11) is 0.